The Kier molecular flexibility index (Phi) is 4.75. The van der Waals surface area contributed by atoms with Gasteiger partial charge in [-0.05, 0) is 43.7 Å². The van der Waals surface area contributed by atoms with Crippen LogP contribution in [0.3, 0.4) is 0 Å². The summed E-state index contributed by atoms with van der Waals surface area (Å²) in [5.41, 5.74) is 1.86. The number of carbonyl (C=O) groups is 1. The molecule has 0 aliphatic carbocycles. The Balaban J connectivity index is 2.17. The molecule has 1 atom stereocenters. The molecule has 5 nitrogen and oxygen atoms in total. The first kappa shape index (κ1) is 17.0. The van der Waals surface area contributed by atoms with Gasteiger partial charge in [0.05, 0.1) is 16.5 Å². The van der Waals surface area contributed by atoms with E-state index in [1.54, 1.807) is 31.2 Å². The highest BCUT2D eigenvalue weighted by molar-refractivity contribution is 7.90. The standard InChI is InChI=1S/C17H19NO4S/c1-11-4-9-16(19)15(10-11)17(20)18-12(2)13-5-7-14(8-6-13)23(3,21)22/h4-10,12,19H,1-3H3,(H,18,20)/t12-/m1/s1. The minimum absolute atomic E-state index is 0.0762. The summed E-state index contributed by atoms with van der Waals surface area (Å²) in [7, 11) is -3.24. The van der Waals surface area contributed by atoms with Gasteiger partial charge in [-0.2, -0.15) is 0 Å². The number of sulfone groups is 1. The first-order valence-corrected chi connectivity index (χ1v) is 8.98. The number of hydrogen-bond acceptors (Lipinski definition) is 4. The van der Waals surface area contributed by atoms with Crippen LogP contribution >= 0.6 is 0 Å². The van der Waals surface area contributed by atoms with Crippen molar-refractivity contribution < 1.29 is 18.3 Å². The topological polar surface area (TPSA) is 83.5 Å². The summed E-state index contributed by atoms with van der Waals surface area (Å²) in [6.45, 7) is 3.63. The highest BCUT2D eigenvalue weighted by Crippen LogP contribution is 2.21. The largest absolute Gasteiger partial charge is 0.507 e. The third-order valence-corrected chi connectivity index (χ3v) is 4.68. The maximum atomic E-state index is 12.3. The predicted octanol–water partition coefficient (Wildman–Crippen LogP) is 2.60. The normalized spacial score (nSPS) is 12.7. The van der Waals surface area contributed by atoms with Gasteiger partial charge in [0, 0.05) is 6.26 Å². The maximum Gasteiger partial charge on any atom is 0.255 e. The van der Waals surface area contributed by atoms with Crippen molar-refractivity contribution in [3.63, 3.8) is 0 Å². The van der Waals surface area contributed by atoms with Gasteiger partial charge in [0.2, 0.25) is 0 Å². The van der Waals surface area contributed by atoms with E-state index in [4.69, 9.17) is 0 Å². The number of phenols is 1. The van der Waals surface area contributed by atoms with Crippen LogP contribution in [0.2, 0.25) is 0 Å². The Labute approximate surface area is 135 Å². The van der Waals surface area contributed by atoms with Gasteiger partial charge in [-0.1, -0.05) is 23.8 Å². The summed E-state index contributed by atoms with van der Waals surface area (Å²) in [6, 6.07) is 10.8. The highest BCUT2D eigenvalue weighted by Gasteiger charge is 2.15. The highest BCUT2D eigenvalue weighted by atomic mass is 32.2. The van der Waals surface area contributed by atoms with Crippen molar-refractivity contribution in [3.8, 4) is 5.75 Å². The van der Waals surface area contributed by atoms with Crippen LogP contribution in [0.4, 0.5) is 0 Å². The van der Waals surface area contributed by atoms with Crippen molar-refractivity contribution in [2.45, 2.75) is 24.8 Å². The predicted molar refractivity (Wildman–Crippen MR) is 88.3 cm³/mol. The Hall–Kier alpha value is -2.34. The molecule has 0 aliphatic heterocycles. The summed E-state index contributed by atoms with van der Waals surface area (Å²) in [4.78, 5) is 12.5. The van der Waals surface area contributed by atoms with Crippen molar-refractivity contribution in [1.82, 2.24) is 5.32 Å². The zero-order valence-corrected chi connectivity index (χ0v) is 14.0. The van der Waals surface area contributed by atoms with Gasteiger partial charge in [0.25, 0.3) is 5.91 Å². The zero-order chi connectivity index (χ0) is 17.2. The molecule has 2 aromatic carbocycles. The van der Waals surface area contributed by atoms with Crippen molar-refractivity contribution >= 4 is 15.7 Å². The van der Waals surface area contributed by atoms with E-state index in [1.165, 1.54) is 18.2 Å². The number of phenolic OH excluding ortho intramolecular Hbond substituents is 1. The SMILES string of the molecule is Cc1ccc(O)c(C(=O)N[C@H](C)c2ccc(S(C)(=O)=O)cc2)c1. The molecule has 6 heteroatoms. The summed E-state index contributed by atoms with van der Waals surface area (Å²) in [5, 5.41) is 12.6. The second-order valence-corrected chi connectivity index (χ2v) is 7.57. The number of aryl methyl sites for hydroxylation is 1. The van der Waals surface area contributed by atoms with Gasteiger partial charge >= 0.3 is 0 Å². The molecule has 23 heavy (non-hydrogen) atoms. The van der Waals surface area contributed by atoms with Gasteiger partial charge in [-0.15, -0.1) is 0 Å². The van der Waals surface area contributed by atoms with Crippen molar-refractivity contribution in [2.24, 2.45) is 0 Å². The van der Waals surface area contributed by atoms with E-state index in [0.29, 0.717) is 0 Å². The molecule has 2 aromatic rings. The molecule has 1 amide bonds. The fourth-order valence-electron chi connectivity index (χ4n) is 2.19. The fourth-order valence-corrected chi connectivity index (χ4v) is 2.82. The Morgan fingerprint density at radius 1 is 1.13 bits per heavy atom. The second kappa shape index (κ2) is 6.42. The molecule has 0 aliphatic rings. The lowest BCUT2D eigenvalue weighted by Gasteiger charge is -2.15. The van der Waals surface area contributed by atoms with E-state index in [9.17, 15) is 18.3 Å². The zero-order valence-electron chi connectivity index (χ0n) is 13.2. The Morgan fingerprint density at radius 3 is 2.30 bits per heavy atom. The first-order chi connectivity index (χ1) is 10.7. The lowest BCUT2D eigenvalue weighted by atomic mass is 10.1. The molecule has 0 heterocycles. The minimum Gasteiger partial charge on any atom is -0.507 e. The summed E-state index contributed by atoms with van der Waals surface area (Å²) < 4.78 is 22.9. The second-order valence-electron chi connectivity index (χ2n) is 5.56. The average Bonchev–Trinajstić information content (AvgIpc) is 2.48. The van der Waals surface area contributed by atoms with E-state index < -0.39 is 9.84 Å². The summed E-state index contributed by atoms with van der Waals surface area (Å²) in [5.74, 6) is -0.460. The van der Waals surface area contributed by atoms with Crippen LogP contribution in [-0.2, 0) is 9.84 Å². The number of aromatic hydroxyl groups is 1. The number of benzene rings is 2. The van der Waals surface area contributed by atoms with E-state index >= 15 is 0 Å². The van der Waals surface area contributed by atoms with Crippen molar-refractivity contribution in [2.75, 3.05) is 6.26 Å². The summed E-state index contributed by atoms with van der Waals surface area (Å²) in [6.07, 6.45) is 1.15. The Morgan fingerprint density at radius 2 is 1.74 bits per heavy atom. The maximum absolute atomic E-state index is 12.3. The van der Waals surface area contributed by atoms with E-state index in [-0.39, 0.29) is 28.2 Å². The Bertz CT molecular complexity index is 826. The molecule has 0 radical (unpaired) electrons. The van der Waals surface area contributed by atoms with Crippen LogP contribution in [0.1, 0.15) is 34.5 Å². The van der Waals surface area contributed by atoms with Crippen molar-refractivity contribution in [3.05, 3.63) is 59.2 Å². The fraction of sp³-hybridized carbons (Fsp3) is 0.235. The summed E-state index contributed by atoms with van der Waals surface area (Å²) >= 11 is 0. The van der Waals surface area contributed by atoms with Crippen LogP contribution in [-0.4, -0.2) is 25.7 Å². The number of amides is 1. The molecule has 0 spiro atoms. The van der Waals surface area contributed by atoms with Gasteiger partial charge < -0.3 is 10.4 Å². The van der Waals surface area contributed by atoms with Gasteiger partial charge in [0.15, 0.2) is 9.84 Å². The molecule has 2 rings (SSSR count). The average molecular weight is 333 g/mol. The van der Waals surface area contributed by atoms with Crippen LogP contribution < -0.4 is 5.32 Å². The minimum atomic E-state index is -3.24. The van der Waals surface area contributed by atoms with Crippen LogP contribution in [0, 0.1) is 6.92 Å². The van der Waals surface area contributed by atoms with Gasteiger partial charge in [0.1, 0.15) is 5.75 Å². The lowest BCUT2D eigenvalue weighted by molar-refractivity contribution is 0.0937. The molecule has 0 bridgehead atoms. The monoisotopic (exact) mass is 333 g/mol. The van der Waals surface area contributed by atoms with Gasteiger partial charge in [-0.25, -0.2) is 8.42 Å². The molecule has 0 aromatic heterocycles. The first-order valence-electron chi connectivity index (χ1n) is 7.09. The smallest absolute Gasteiger partial charge is 0.255 e. The lowest BCUT2D eigenvalue weighted by Crippen LogP contribution is -2.26. The number of nitrogens with one attached hydrogen (secondary N) is 1. The number of carbonyl (C=O) groups excluding carboxylic acids is 1. The number of rotatable bonds is 4. The van der Waals surface area contributed by atoms with E-state index in [0.717, 1.165) is 17.4 Å². The molecular weight excluding hydrogens is 314 g/mol. The molecule has 122 valence electrons. The number of hydrogen-bond donors (Lipinski definition) is 2. The molecular formula is C17H19NO4S. The molecule has 2 N–H and O–H groups in total. The quantitative estimate of drug-likeness (QED) is 0.901. The third-order valence-electron chi connectivity index (χ3n) is 3.55. The van der Waals surface area contributed by atoms with Crippen molar-refractivity contribution in [1.29, 1.82) is 0 Å². The molecule has 0 saturated carbocycles. The van der Waals surface area contributed by atoms with Gasteiger partial charge in [-0.3, -0.25) is 4.79 Å². The van der Waals surface area contributed by atoms with Crippen LogP contribution in [0.15, 0.2) is 47.4 Å². The molecule has 0 saturated heterocycles. The molecule has 0 unspecified atom stereocenters. The molecule has 0 fully saturated rings. The van der Waals surface area contributed by atoms with Crippen LogP contribution in [0.5, 0.6) is 5.75 Å². The van der Waals surface area contributed by atoms with E-state index in [2.05, 4.69) is 5.32 Å². The third kappa shape index (κ3) is 4.10. The van der Waals surface area contributed by atoms with E-state index in [1.807, 2.05) is 6.92 Å². The van der Waals surface area contributed by atoms with Crippen LogP contribution in [0.25, 0.3) is 0 Å².